The Bertz CT molecular complexity index is 602. The fourth-order valence-corrected chi connectivity index (χ4v) is 2.24. The van der Waals surface area contributed by atoms with Crippen molar-refractivity contribution in [2.24, 2.45) is 0 Å². The summed E-state index contributed by atoms with van der Waals surface area (Å²) in [7, 11) is 3.92. The van der Waals surface area contributed by atoms with Crippen LogP contribution >= 0.6 is 22.6 Å². The van der Waals surface area contributed by atoms with Crippen molar-refractivity contribution < 1.29 is 0 Å². The molecule has 3 nitrogen and oxygen atoms in total. The molecule has 0 bridgehead atoms. The van der Waals surface area contributed by atoms with Gasteiger partial charge in [-0.3, -0.25) is 9.47 Å². The molecule has 2 aromatic rings. The van der Waals surface area contributed by atoms with Gasteiger partial charge in [0.1, 0.15) is 0 Å². The average Bonchev–Trinajstić information content (AvgIpc) is 2.23. The number of aryl methyl sites for hydroxylation is 1. The van der Waals surface area contributed by atoms with Gasteiger partial charge in [-0.05, 0) is 47.7 Å². The number of hydrogen-bond acceptors (Lipinski definition) is 2. The molecule has 0 fully saturated rings. The zero-order valence-corrected chi connectivity index (χ0v) is 11.6. The highest BCUT2D eigenvalue weighted by Crippen LogP contribution is 2.15. The van der Waals surface area contributed by atoms with Crippen molar-refractivity contribution in [2.45, 2.75) is 6.92 Å². The molecule has 0 spiro atoms. The highest BCUT2D eigenvalue weighted by molar-refractivity contribution is 14.1. The van der Waals surface area contributed by atoms with E-state index in [0.717, 1.165) is 20.0 Å². The first-order valence-corrected chi connectivity index (χ1v) is 6.07. The third-order valence-electron chi connectivity index (χ3n) is 2.56. The van der Waals surface area contributed by atoms with Gasteiger partial charge in [0.2, 0.25) is 0 Å². The molecule has 16 heavy (non-hydrogen) atoms. The Kier molecular flexibility index (Phi) is 2.92. The van der Waals surface area contributed by atoms with E-state index in [2.05, 4.69) is 22.6 Å². The zero-order valence-electron chi connectivity index (χ0n) is 9.49. The van der Waals surface area contributed by atoms with E-state index in [-0.39, 0.29) is 5.43 Å². The Morgan fingerprint density at radius 2 is 2.00 bits per heavy atom. The van der Waals surface area contributed by atoms with Gasteiger partial charge in [0, 0.05) is 34.8 Å². The SMILES string of the molecule is Cc1cn(N(C)C)c2ccc(I)cc2c1=O. The summed E-state index contributed by atoms with van der Waals surface area (Å²) in [4.78, 5) is 12.0. The predicted octanol–water partition coefficient (Wildman–Crippen LogP) is 2.11. The van der Waals surface area contributed by atoms with Gasteiger partial charge in [0.25, 0.3) is 0 Å². The molecule has 1 heterocycles. The smallest absolute Gasteiger partial charge is 0.192 e. The maximum Gasteiger partial charge on any atom is 0.192 e. The van der Waals surface area contributed by atoms with E-state index in [1.807, 2.05) is 55.1 Å². The van der Waals surface area contributed by atoms with Gasteiger partial charge in [0.15, 0.2) is 5.43 Å². The summed E-state index contributed by atoms with van der Waals surface area (Å²) in [5.74, 6) is 0. The van der Waals surface area contributed by atoms with Crippen molar-refractivity contribution in [1.82, 2.24) is 4.68 Å². The van der Waals surface area contributed by atoms with Gasteiger partial charge < -0.3 is 5.01 Å². The zero-order chi connectivity index (χ0) is 11.9. The summed E-state index contributed by atoms with van der Waals surface area (Å²) in [6.07, 6.45) is 1.87. The van der Waals surface area contributed by atoms with Crippen molar-refractivity contribution in [3.8, 4) is 0 Å². The second kappa shape index (κ2) is 4.08. The van der Waals surface area contributed by atoms with Crippen LogP contribution in [0.1, 0.15) is 5.56 Å². The van der Waals surface area contributed by atoms with Gasteiger partial charge in [-0.1, -0.05) is 0 Å². The van der Waals surface area contributed by atoms with Crippen LogP contribution in [0.25, 0.3) is 10.9 Å². The third-order valence-corrected chi connectivity index (χ3v) is 3.23. The normalized spacial score (nSPS) is 10.8. The van der Waals surface area contributed by atoms with E-state index in [1.165, 1.54) is 0 Å². The fraction of sp³-hybridized carbons (Fsp3) is 0.250. The van der Waals surface area contributed by atoms with Crippen molar-refractivity contribution in [2.75, 3.05) is 19.1 Å². The second-order valence-electron chi connectivity index (χ2n) is 3.99. The van der Waals surface area contributed by atoms with Crippen LogP contribution in [0.5, 0.6) is 0 Å². The summed E-state index contributed by atoms with van der Waals surface area (Å²) in [5, 5.41) is 2.74. The fourth-order valence-electron chi connectivity index (χ4n) is 1.74. The second-order valence-corrected chi connectivity index (χ2v) is 5.24. The summed E-state index contributed by atoms with van der Waals surface area (Å²) < 4.78 is 3.07. The molecule has 0 aliphatic carbocycles. The van der Waals surface area contributed by atoms with E-state index in [9.17, 15) is 4.79 Å². The number of nitrogens with zero attached hydrogens (tertiary/aromatic N) is 2. The maximum absolute atomic E-state index is 12.0. The van der Waals surface area contributed by atoms with Crippen LogP contribution in [0.3, 0.4) is 0 Å². The molecular weight excluding hydrogens is 315 g/mol. The van der Waals surface area contributed by atoms with Crippen molar-refractivity contribution >= 4 is 33.5 Å². The Hall–Kier alpha value is -1.04. The number of fused-ring (bicyclic) bond motifs is 1. The van der Waals surface area contributed by atoms with E-state index in [1.54, 1.807) is 0 Å². The largest absolute Gasteiger partial charge is 0.319 e. The average molecular weight is 328 g/mol. The number of pyridine rings is 1. The summed E-state index contributed by atoms with van der Waals surface area (Å²) in [5.41, 5.74) is 1.83. The first-order valence-electron chi connectivity index (χ1n) is 5.00. The van der Waals surface area contributed by atoms with Crippen LogP contribution in [-0.4, -0.2) is 18.8 Å². The topological polar surface area (TPSA) is 25.2 Å². The standard InChI is InChI=1S/C12H13IN2O/c1-8-7-15(14(2)3)11-5-4-9(13)6-10(11)12(8)16/h4-7H,1-3H3. The minimum atomic E-state index is 0.117. The van der Waals surface area contributed by atoms with Crippen molar-refractivity contribution in [1.29, 1.82) is 0 Å². The number of benzene rings is 1. The number of aromatic nitrogens is 1. The third kappa shape index (κ3) is 1.81. The van der Waals surface area contributed by atoms with Crippen molar-refractivity contribution in [3.63, 3.8) is 0 Å². The molecule has 2 rings (SSSR count). The molecule has 0 atom stereocenters. The Labute approximate surface area is 108 Å². The van der Waals surface area contributed by atoms with Gasteiger partial charge in [0.05, 0.1) is 5.52 Å². The van der Waals surface area contributed by atoms with E-state index in [0.29, 0.717) is 0 Å². The molecule has 0 amide bonds. The molecule has 0 aliphatic rings. The number of rotatable bonds is 1. The van der Waals surface area contributed by atoms with Gasteiger partial charge in [-0.25, -0.2) is 0 Å². The molecule has 0 aliphatic heterocycles. The Balaban J connectivity index is 2.95. The lowest BCUT2D eigenvalue weighted by molar-refractivity contribution is 0.749. The molecule has 0 N–H and O–H groups in total. The van der Waals surface area contributed by atoms with Crippen LogP contribution in [0, 0.1) is 10.5 Å². The lowest BCUT2D eigenvalue weighted by atomic mass is 10.1. The minimum absolute atomic E-state index is 0.117. The van der Waals surface area contributed by atoms with Gasteiger partial charge in [-0.2, -0.15) is 0 Å². The van der Waals surface area contributed by atoms with Crippen molar-refractivity contribution in [3.05, 3.63) is 43.8 Å². The maximum atomic E-state index is 12.0. The molecule has 1 aromatic heterocycles. The number of halogens is 1. The molecule has 4 heteroatoms. The van der Waals surface area contributed by atoms with Crippen LogP contribution in [-0.2, 0) is 0 Å². The molecule has 0 radical (unpaired) electrons. The van der Waals surface area contributed by atoms with Gasteiger partial charge >= 0.3 is 0 Å². The molecule has 0 saturated heterocycles. The first-order chi connectivity index (χ1) is 7.50. The first kappa shape index (κ1) is 11.4. The van der Waals surface area contributed by atoms with E-state index < -0.39 is 0 Å². The number of hydrogen-bond donors (Lipinski definition) is 0. The van der Waals surface area contributed by atoms with Gasteiger partial charge in [-0.15, -0.1) is 0 Å². The van der Waals surface area contributed by atoms with E-state index in [4.69, 9.17) is 0 Å². The minimum Gasteiger partial charge on any atom is -0.319 e. The van der Waals surface area contributed by atoms with Crippen LogP contribution in [0.4, 0.5) is 0 Å². The summed E-state index contributed by atoms with van der Waals surface area (Å²) in [6.45, 7) is 1.85. The summed E-state index contributed by atoms with van der Waals surface area (Å²) >= 11 is 2.22. The monoisotopic (exact) mass is 328 g/mol. The van der Waals surface area contributed by atoms with Crippen LogP contribution in [0.15, 0.2) is 29.2 Å². The molecule has 84 valence electrons. The quantitative estimate of drug-likeness (QED) is 0.749. The molecule has 0 saturated carbocycles. The van der Waals surface area contributed by atoms with Crippen LogP contribution in [0.2, 0.25) is 0 Å². The highest BCUT2D eigenvalue weighted by Gasteiger charge is 2.07. The molecule has 1 aromatic carbocycles. The molecule has 0 unspecified atom stereocenters. The Morgan fingerprint density at radius 3 is 2.62 bits per heavy atom. The highest BCUT2D eigenvalue weighted by atomic mass is 127. The summed E-state index contributed by atoms with van der Waals surface area (Å²) in [6, 6.07) is 5.93. The lowest BCUT2D eigenvalue weighted by Crippen LogP contribution is -2.27. The predicted molar refractivity (Wildman–Crippen MR) is 75.7 cm³/mol. The van der Waals surface area contributed by atoms with E-state index >= 15 is 0 Å². The lowest BCUT2D eigenvalue weighted by Gasteiger charge is -2.20. The molecular formula is C12H13IN2O. The van der Waals surface area contributed by atoms with Crippen LogP contribution < -0.4 is 10.4 Å². The Morgan fingerprint density at radius 1 is 1.31 bits per heavy atom.